The number of hydrogen-bond donors (Lipinski definition) is 1. The number of carboxylic acid groups (broad SMARTS) is 1. The minimum Gasteiger partial charge on any atom is -0.478 e. The van der Waals surface area contributed by atoms with Gasteiger partial charge in [-0.2, -0.15) is 0 Å². The summed E-state index contributed by atoms with van der Waals surface area (Å²) in [7, 11) is 1.42. The number of unbranched alkanes of at least 4 members (excludes halogenated alkanes) is 4. The molecule has 1 heterocycles. The zero-order valence-corrected chi connectivity index (χ0v) is 20.7. The van der Waals surface area contributed by atoms with Gasteiger partial charge in [-0.3, -0.25) is 9.36 Å². The van der Waals surface area contributed by atoms with Crippen molar-refractivity contribution in [3.63, 3.8) is 0 Å². The highest BCUT2D eigenvalue weighted by Gasteiger charge is 2.34. The molecule has 0 saturated carbocycles. The Kier molecular flexibility index (Phi) is 10.3. The van der Waals surface area contributed by atoms with Gasteiger partial charge in [-0.1, -0.05) is 58.1 Å². The molecular formula is C25H37N3O6. The van der Waals surface area contributed by atoms with Gasteiger partial charge in [0.15, 0.2) is 0 Å². The zero-order chi connectivity index (χ0) is 25.1. The maximum Gasteiger partial charge on any atom is 0.347 e. The second-order valence-electron chi connectivity index (χ2n) is 8.72. The van der Waals surface area contributed by atoms with Crippen LogP contribution in [0.4, 0.5) is 0 Å². The number of nitrogens with zero attached hydrogens (tertiary/aromatic N) is 3. The largest absolute Gasteiger partial charge is 0.478 e. The van der Waals surface area contributed by atoms with E-state index in [-0.39, 0.29) is 12.5 Å². The van der Waals surface area contributed by atoms with Crippen LogP contribution >= 0.6 is 0 Å². The summed E-state index contributed by atoms with van der Waals surface area (Å²) in [6, 6.07) is 7.14. The average Bonchev–Trinajstić information content (AvgIpc) is 2.80. The van der Waals surface area contributed by atoms with Gasteiger partial charge in [0, 0.05) is 20.0 Å². The van der Waals surface area contributed by atoms with Gasteiger partial charge < -0.3 is 14.6 Å². The predicted molar refractivity (Wildman–Crippen MR) is 130 cm³/mol. The van der Waals surface area contributed by atoms with E-state index >= 15 is 0 Å². The van der Waals surface area contributed by atoms with E-state index in [1.807, 2.05) is 13.0 Å². The molecule has 1 aromatic heterocycles. The smallest absolute Gasteiger partial charge is 0.347 e. The number of carboxylic acids is 1. The van der Waals surface area contributed by atoms with Crippen LogP contribution in [0.15, 0.2) is 33.9 Å². The van der Waals surface area contributed by atoms with Crippen LogP contribution in [0.1, 0.15) is 71.3 Å². The minimum absolute atomic E-state index is 0.107. The predicted octanol–water partition coefficient (Wildman–Crippen LogP) is 3.56. The zero-order valence-electron chi connectivity index (χ0n) is 20.7. The Morgan fingerprint density at radius 1 is 1.12 bits per heavy atom. The number of aryl methyl sites for hydroxylation is 1. The second-order valence-corrected chi connectivity index (χ2v) is 8.72. The van der Waals surface area contributed by atoms with Gasteiger partial charge >= 0.3 is 17.2 Å². The van der Waals surface area contributed by atoms with Crippen molar-refractivity contribution in [2.75, 3.05) is 6.61 Å². The van der Waals surface area contributed by atoms with E-state index in [0.29, 0.717) is 31.6 Å². The molecule has 0 spiro atoms. The summed E-state index contributed by atoms with van der Waals surface area (Å²) in [6.45, 7) is 6.23. The quantitative estimate of drug-likeness (QED) is 0.392. The lowest BCUT2D eigenvalue weighted by molar-refractivity contribution is -0.154. The summed E-state index contributed by atoms with van der Waals surface area (Å²) in [4.78, 5) is 36.4. The Bertz CT molecular complexity index is 1060. The number of ether oxygens (including phenoxy) is 2. The van der Waals surface area contributed by atoms with Crippen LogP contribution in [0, 0.1) is 0 Å². The molecule has 0 aliphatic carbocycles. The molecule has 9 heteroatoms. The lowest BCUT2D eigenvalue weighted by Gasteiger charge is -2.26. The highest BCUT2D eigenvalue weighted by molar-refractivity contribution is 5.77. The third-order valence-electron chi connectivity index (χ3n) is 5.73. The monoisotopic (exact) mass is 475 g/mol. The molecule has 1 aromatic carbocycles. The molecule has 1 atom stereocenters. The first-order valence-electron chi connectivity index (χ1n) is 12.0. The number of carbonyl (C=O) groups is 1. The van der Waals surface area contributed by atoms with Gasteiger partial charge in [-0.15, -0.1) is 5.10 Å². The molecule has 9 nitrogen and oxygen atoms in total. The highest BCUT2D eigenvalue weighted by Crippen LogP contribution is 2.24. The first kappa shape index (κ1) is 27.1. The van der Waals surface area contributed by atoms with E-state index in [2.05, 4.69) is 12.0 Å². The fourth-order valence-corrected chi connectivity index (χ4v) is 3.67. The topological polar surface area (TPSA) is 113 Å². The van der Waals surface area contributed by atoms with Crippen LogP contribution in [0.2, 0.25) is 0 Å². The molecule has 0 fully saturated rings. The van der Waals surface area contributed by atoms with Crippen molar-refractivity contribution in [3.05, 3.63) is 50.7 Å². The van der Waals surface area contributed by atoms with Crippen LogP contribution < -0.4 is 20.7 Å². The van der Waals surface area contributed by atoms with Crippen LogP contribution in [0.25, 0.3) is 0 Å². The van der Waals surface area contributed by atoms with Crippen LogP contribution in [-0.4, -0.2) is 37.6 Å². The molecule has 1 N–H and O–H groups in total. The van der Waals surface area contributed by atoms with Crippen LogP contribution in [-0.2, 0) is 24.8 Å². The Labute approximate surface area is 200 Å². The minimum atomic E-state index is -1.30. The van der Waals surface area contributed by atoms with Crippen molar-refractivity contribution in [2.24, 2.45) is 7.05 Å². The lowest BCUT2D eigenvalue weighted by atomic mass is 10.0. The molecule has 0 saturated heterocycles. The van der Waals surface area contributed by atoms with E-state index in [1.54, 1.807) is 25.1 Å². The van der Waals surface area contributed by atoms with Crippen LogP contribution in [0.3, 0.4) is 0 Å². The Morgan fingerprint density at radius 2 is 1.85 bits per heavy atom. The number of rotatable bonds is 15. The van der Waals surface area contributed by atoms with Gasteiger partial charge in [0.2, 0.25) is 5.60 Å². The Balaban J connectivity index is 2.03. The molecule has 0 aliphatic heterocycles. The van der Waals surface area contributed by atoms with Crippen molar-refractivity contribution in [2.45, 2.75) is 84.3 Å². The third-order valence-corrected chi connectivity index (χ3v) is 5.73. The fraction of sp³-hybridized carbons (Fsp3) is 0.600. The third kappa shape index (κ3) is 7.46. The van der Waals surface area contributed by atoms with E-state index < -0.39 is 22.8 Å². The second kappa shape index (κ2) is 13.0. The van der Waals surface area contributed by atoms with E-state index in [1.165, 1.54) is 11.7 Å². The van der Waals surface area contributed by atoms with Crippen molar-refractivity contribution >= 4 is 5.97 Å². The molecule has 188 valence electrons. The molecule has 2 rings (SSSR count). The van der Waals surface area contributed by atoms with Crippen molar-refractivity contribution < 1.29 is 19.4 Å². The van der Waals surface area contributed by atoms with Gasteiger partial charge in [0.1, 0.15) is 5.75 Å². The number of benzene rings is 1. The van der Waals surface area contributed by atoms with Crippen molar-refractivity contribution in [1.29, 1.82) is 0 Å². The van der Waals surface area contributed by atoms with Gasteiger partial charge in [-0.25, -0.2) is 14.3 Å². The Morgan fingerprint density at radius 3 is 2.53 bits per heavy atom. The highest BCUT2D eigenvalue weighted by atomic mass is 16.5. The maximum absolute atomic E-state index is 12.4. The van der Waals surface area contributed by atoms with Crippen molar-refractivity contribution in [3.8, 4) is 11.6 Å². The molecule has 34 heavy (non-hydrogen) atoms. The number of aliphatic carboxylic acids is 1. The summed E-state index contributed by atoms with van der Waals surface area (Å²) in [5.41, 5.74) is -1.46. The van der Waals surface area contributed by atoms with E-state index in [0.717, 1.165) is 42.2 Å². The molecule has 2 aromatic rings. The molecule has 0 amide bonds. The van der Waals surface area contributed by atoms with Gasteiger partial charge in [0.25, 0.3) is 5.88 Å². The van der Waals surface area contributed by atoms with E-state index in [9.17, 15) is 19.5 Å². The first-order chi connectivity index (χ1) is 16.2. The molecule has 0 bridgehead atoms. The summed E-state index contributed by atoms with van der Waals surface area (Å²) in [5.74, 6) is -0.656. The van der Waals surface area contributed by atoms with Gasteiger partial charge in [-0.05, 0) is 37.5 Å². The average molecular weight is 476 g/mol. The number of hydrogen-bond acceptors (Lipinski definition) is 6. The van der Waals surface area contributed by atoms with Crippen molar-refractivity contribution in [1.82, 2.24) is 14.3 Å². The fourth-order valence-electron chi connectivity index (χ4n) is 3.67. The maximum atomic E-state index is 12.4. The standard InChI is InChI=1S/C25H37N3O6/c1-5-7-8-9-10-16-28-24(32)27(4)22(29)21(26-28)33-17-14-19-12-11-13-20(18-19)34-25(3,15-6-2)23(30)31/h11-13,18H,5-10,14-17H2,1-4H3,(H,30,31). The van der Waals surface area contributed by atoms with Crippen LogP contribution in [0.5, 0.6) is 11.6 Å². The summed E-state index contributed by atoms with van der Waals surface area (Å²) >= 11 is 0. The molecule has 0 aliphatic rings. The lowest BCUT2D eigenvalue weighted by Crippen LogP contribution is -2.41. The molecule has 0 radical (unpaired) electrons. The molecular weight excluding hydrogens is 438 g/mol. The first-order valence-corrected chi connectivity index (χ1v) is 12.0. The van der Waals surface area contributed by atoms with Gasteiger partial charge in [0.05, 0.1) is 6.61 Å². The van der Waals surface area contributed by atoms with E-state index in [4.69, 9.17) is 9.47 Å². The summed E-state index contributed by atoms with van der Waals surface area (Å²) in [6.07, 6.45) is 6.73. The summed E-state index contributed by atoms with van der Waals surface area (Å²) in [5, 5.41) is 13.7. The summed E-state index contributed by atoms with van der Waals surface area (Å²) < 4.78 is 13.7. The normalized spacial score (nSPS) is 12.8. The Hall–Kier alpha value is -3.10. The SMILES string of the molecule is CCCCCCCn1nc(OCCc2cccc(OC(C)(CCC)C(=O)O)c2)c(=O)n(C)c1=O. The molecule has 1 unspecified atom stereocenters. The number of aromatic nitrogens is 3.